The van der Waals surface area contributed by atoms with Crippen molar-refractivity contribution < 1.29 is 4.79 Å². The van der Waals surface area contributed by atoms with Gasteiger partial charge in [-0.3, -0.25) is 4.79 Å². The van der Waals surface area contributed by atoms with Crippen LogP contribution in [-0.4, -0.2) is 32.6 Å². The molecule has 1 aromatic rings. The monoisotopic (exact) mass is 249 g/mol. The van der Waals surface area contributed by atoms with Crippen LogP contribution in [0.5, 0.6) is 0 Å². The summed E-state index contributed by atoms with van der Waals surface area (Å²) in [7, 11) is 3.98. The van der Waals surface area contributed by atoms with Crippen molar-refractivity contribution in [3.05, 3.63) is 24.3 Å². The number of carbonyl (C=O) groups is 1. The summed E-state index contributed by atoms with van der Waals surface area (Å²) in [5.41, 5.74) is 1.96. The minimum absolute atomic E-state index is 0.0426. The fourth-order valence-electron chi connectivity index (χ4n) is 1.75. The number of hydrogen-bond donors (Lipinski definition) is 2. The van der Waals surface area contributed by atoms with E-state index >= 15 is 0 Å². The third-order valence-corrected chi connectivity index (χ3v) is 2.71. The Labute approximate surface area is 109 Å². The largest absolute Gasteiger partial charge is 0.378 e. The number of carbonyl (C=O) groups excluding carboxylic acids is 1. The van der Waals surface area contributed by atoms with E-state index in [1.165, 1.54) is 0 Å². The first-order chi connectivity index (χ1) is 8.52. The number of amides is 1. The summed E-state index contributed by atoms with van der Waals surface area (Å²) >= 11 is 0. The first-order valence-corrected chi connectivity index (χ1v) is 6.33. The number of anilines is 2. The van der Waals surface area contributed by atoms with Gasteiger partial charge in [0.1, 0.15) is 0 Å². The maximum absolute atomic E-state index is 11.8. The van der Waals surface area contributed by atoms with Crippen molar-refractivity contribution in [3.8, 4) is 0 Å². The van der Waals surface area contributed by atoms with Crippen LogP contribution in [0.3, 0.4) is 0 Å². The van der Waals surface area contributed by atoms with Crippen LogP contribution in [0.1, 0.15) is 20.3 Å². The van der Waals surface area contributed by atoms with Crippen molar-refractivity contribution in [2.75, 3.05) is 30.9 Å². The van der Waals surface area contributed by atoms with Gasteiger partial charge in [0.2, 0.25) is 5.91 Å². The zero-order valence-electron chi connectivity index (χ0n) is 11.7. The predicted molar refractivity (Wildman–Crippen MR) is 77.2 cm³/mol. The van der Waals surface area contributed by atoms with Gasteiger partial charge in [0.25, 0.3) is 0 Å². The lowest BCUT2D eigenvalue weighted by Gasteiger charge is -2.14. The lowest BCUT2D eigenvalue weighted by Crippen LogP contribution is -2.30. The number of benzene rings is 1. The van der Waals surface area contributed by atoms with Gasteiger partial charge in [-0.2, -0.15) is 0 Å². The number of rotatable bonds is 6. The van der Waals surface area contributed by atoms with E-state index in [-0.39, 0.29) is 11.9 Å². The van der Waals surface area contributed by atoms with Crippen LogP contribution in [0.4, 0.5) is 11.4 Å². The average molecular weight is 249 g/mol. The van der Waals surface area contributed by atoms with E-state index in [4.69, 9.17) is 0 Å². The maximum atomic E-state index is 11.8. The van der Waals surface area contributed by atoms with E-state index in [2.05, 4.69) is 10.6 Å². The first kappa shape index (κ1) is 14.5. The lowest BCUT2D eigenvalue weighted by molar-refractivity contribution is -0.116. The molecule has 0 bridgehead atoms. The zero-order chi connectivity index (χ0) is 13.5. The average Bonchev–Trinajstić information content (AvgIpc) is 2.29. The van der Waals surface area contributed by atoms with Gasteiger partial charge in [0.15, 0.2) is 0 Å². The number of hydrogen-bond acceptors (Lipinski definition) is 3. The fraction of sp³-hybridized carbons (Fsp3) is 0.500. The summed E-state index contributed by atoms with van der Waals surface area (Å²) in [6, 6.07) is 8.03. The summed E-state index contributed by atoms with van der Waals surface area (Å²) in [4.78, 5) is 13.8. The molecular weight excluding hydrogens is 226 g/mol. The van der Waals surface area contributed by atoms with E-state index in [0.717, 1.165) is 17.9 Å². The Kier molecular flexibility index (Phi) is 5.65. The number of nitrogens with zero attached hydrogens (tertiary/aromatic N) is 1. The molecule has 4 heteroatoms. The summed E-state index contributed by atoms with van der Waals surface area (Å²) in [6.07, 6.45) is 0.489. The summed E-state index contributed by atoms with van der Waals surface area (Å²) in [5, 5.41) is 6.12. The van der Waals surface area contributed by atoms with E-state index < -0.39 is 0 Å². The molecule has 1 unspecified atom stereocenters. The highest BCUT2D eigenvalue weighted by molar-refractivity contribution is 5.91. The Balaban J connectivity index is 2.49. The van der Waals surface area contributed by atoms with Gasteiger partial charge in [0, 0.05) is 37.9 Å². The topological polar surface area (TPSA) is 44.4 Å². The molecule has 0 saturated carbocycles. The minimum atomic E-state index is 0.0426. The van der Waals surface area contributed by atoms with Gasteiger partial charge >= 0.3 is 0 Å². The zero-order valence-corrected chi connectivity index (χ0v) is 11.7. The van der Waals surface area contributed by atoms with Crippen LogP contribution < -0.4 is 15.5 Å². The molecule has 0 saturated heterocycles. The normalized spacial score (nSPS) is 12.0. The third-order valence-electron chi connectivity index (χ3n) is 2.71. The Morgan fingerprint density at radius 2 is 1.89 bits per heavy atom. The van der Waals surface area contributed by atoms with Crippen LogP contribution in [-0.2, 0) is 4.79 Å². The second-order valence-corrected chi connectivity index (χ2v) is 4.65. The van der Waals surface area contributed by atoms with E-state index in [0.29, 0.717) is 6.42 Å². The molecule has 2 N–H and O–H groups in total. The maximum Gasteiger partial charge on any atom is 0.225 e. The molecule has 1 rings (SSSR count). The van der Waals surface area contributed by atoms with Gasteiger partial charge in [-0.05, 0) is 37.7 Å². The molecule has 0 radical (unpaired) electrons. The smallest absolute Gasteiger partial charge is 0.225 e. The second-order valence-electron chi connectivity index (χ2n) is 4.65. The Hall–Kier alpha value is -1.55. The lowest BCUT2D eigenvalue weighted by atomic mass is 10.2. The highest BCUT2D eigenvalue weighted by Gasteiger charge is 2.08. The highest BCUT2D eigenvalue weighted by atomic mass is 16.1. The molecule has 0 spiro atoms. The van der Waals surface area contributed by atoms with E-state index in [1.54, 1.807) is 0 Å². The van der Waals surface area contributed by atoms with E-state index in [1.807, 2.05) is 57.1 Å². The van der Waals surface area contributed by atoms with Crippen molar-refractivity contribution in [3.63, 3.8) is 0 Å². The summed E-state index contributed by atoms with van der Waals surface area (Å²) in [5.74, 6) is 0.0426. The van der Waals surface area contributed by atoms with Crippen molar-refractivity contribution in [1.29, 1.82) is 0 Å². The van der Waals surface area contributed by atoms with Crippen molar-refractivity contribution in [1.82, 2.24) is 5.32 Å². The molecule has 1 atom stereocenters. The molecule has 1 amide bonds. The molecule has 0 aromatic heterocycles. The molecule has 18 heavy (non-hydrogen) atoms. The minimum Gasteiger partial charge on any atom is -0.378 e. The molecule has 1 aromatic carbocycles. The molecule has 0 aliphatic carbocycles. The molecule has 0 fully saturated rings. The standard InChI is InChI=1S/C14H23N3O/c1-5-15-11(2)10-14(18)16-12-6-8-13(9-7-12)17(3)4/h6-9,11,15H,5,10H2,1-4H3,(H,16,18). The van der Waals surface area contributed by atoms with Crippen LogP contribution in [0.15, 0.2) is 24.3 Å². The Morgan fingerprint density at radius 1 is 1.28 bits per heavy atom. The quantitative estimate of drug-likeness (QED) is 0.811. The molecule has 0 heterocycles. The third kappa shape index (κ3) is 4.75. The van der Waals surface area contributed by atoms with Crippen LogP contribution >= 0.6 is 0 Å². The van der Waals surface area contributed by atoms with E-state index in [9.17, 15) is 4.79 Å². The van der Waals surface area contributed by atoms with Crippen LogP contribution in [0, 0.1) is 0 Å². The van der Waals surface area contributed by atoms with Crippen molar-refractivity contribution in [2.24, 2.45) is 0 Å². The van der Waals surface area contributed by atoms with Crippen molar-refractivity contribution in [2.45, 2.75) is 26.3 Å². The first-order valence-electron chi connectivity index (χ1n) is 6.33. The van der Waals surface area contributed by atoms with Gasteiger partial charge in [-0.25, -0.2) is 0 Å². The van der Waals surface area contributed by atoms with Gasteiger partial charge < -0.3 is 15.5 Å². The van der Waals surface area contributed by atoms with Crippen LogP contribution in [0.2, 0.25) is 0 Å². The van der Waals surface area contributed by atoms with Gasteiger partial charge in [-0.15, -0.1) is 0 Å². The van der Waals surface area contributed by atoms with Crippen LogP contribution in [0.25, 0.3) is 0 Å². The molecule has 0 aliphatic heterocycles. The highest BCUT2D eigenvalue weighted by Crippen LogP contribution is 2.15. The molecule has 100 valence electrons. The SMILES string of the molecule is CCNC(C)CC(=O)Nc1ccc(N(C)C)cc1. The van der Waals surface area contributed by atoms with Gasteiger partial charge in [-0.1, -0.05) is 6.92 Å². The molecule has 4 nitrogen and oxygen atoms in total. The summed E-state index contributed by atoms with van der Waals surface area (Å²) < 4.78 is 0. The second kappa shape index (κ2) is 7.01. The Morgan fingerprint density at radius 3 is 2.39 bits per heavy atom. The predicted octanol–water partition coefficient (Wildman–Crippen LogP) is 2.08. The number of nitrogens with one attached hydrogen (secondary N) is 2. The van der Waals surface area contributed by atoms with Crippen molar-refractivity contribution >= 4 is 17.3 Å². The van der Waals surface area contributed by atoms with Gasteiger partial charge in [0.05, 0.1) is 0 Å². The summed E-state index contributed by atoms with van der Waals surface area (Å²) in [6.45, 7) is 4.93. The molecular formula is C14H23N3O. The fourth-order valence-corrected chi connectivity index (χ4v) is 1.75. The Bertz CT molecular complexity index is 373. The molecule has 0 aliphatic rings.